The van der Waals surface area contributed by atoms with Gasteiger partial charge >= 0.3 is 0 Å². The summed E-state index contributed by atoms with van der Waals surface area (Å²) in [6, 6.07) is 0. The number of nitrogens with zero attached hydrogens (tertiary/aromatic N) is 5. The Labute approximate surface area is 73.9 Å². The topological polar surface area (TPSA) is 76.7 Å². The van der Waals surface area contributed by atoms with Crippen molar-refractivity contribution in [2.45, 2.75) is 6.61 Å². The van der Waals surface area contributed by atoms with Crippen molar-refractivity contribution in [2.75, 3.05) is 0 Å². The van der Waals surface area contributed by atoms with Crippen LogP contribution in [0.2, 0.25) is 0 Å². The third-order valence-electron chi connectivity index (χ3n) is 1.58. The van der Waals surface area contributed by atoms with Crippen molar-refractivity contribution < 1.29 is 5.11 Å². The average Bonchev–Trinajstić information content (AvgIpc) is 2.67. The maximum Gasteiger partial charge on any atom is 0.163 e. The van der Waals surface area contributed by atoms with E-state index in [1.807, 2.05) is 0 Å². The summed E-state index contributed by atoms with van der Waals surface area (Å²) in [6.45, 7) is -0.158. The number of aliphatic hydroxyl groups excluding tert-OH is 1. The lowest BCUT2D eigenvalue weighted by Crippen LogP contribution is -2.00. The van der Waals surface area contributed by atoms with Gasteiger partial charge in [0.2, 0.25) is 0 Å². The summed E-state index contributed by atoms with van der Waals surface area (Å²) in [5.41, 5.74) is 0.733. The van der Waals surface area contributed by atoms with Crippen molar-refractivity contribution in [3.63, 3.8) is 0 Å². The zero-order valence-electron chi connectivity index (χ0n) is 6.70. The second-order valence-electron chi connectivity index (χ2n) is 2.37. The van der Waals surface area contributed by atoms with Gasteiger partial charge in [-0.3, -0.25) is 4.57 Å². The Morgan fingerprint density at radius 1 is 1.31 bits per heavy atom. The molecule has 0 saturated heterocycles. The second kappa shape index (κ2) is 3.28. The second-order valence-corrected chi connectivity index (χ2v) is 2.37. The highest BCUT2D eigenvalue weighted by Crippen LogP contribution is 2.05. The Balaban J connectivity index is 2.47. The summed E-state index contributed by atoms with van der Waals surface area (Å²) in [7, 11) is 0. The molecule has 0 atom stereocenters. The van der Waals surface area contributed by atoms with E-state index < -0.39 is 0 Å². The lowest BCUT2D eigenvalue weighted by Gasteiger charge is -2.01. The molecule has 2 aromatic rings. The molecule has 0 aromatic carbocycles. The minimum atomic E-state index is -0.158. The molecule has 1 N–H and O–H groups in total. The summed E-state index contributed by atoms with van der Waals surface area (Å²) in [6.07, 6.45) is 6.18. The van der Waals surface area contributed by atoms with Crippen molar-refractivity contribution in [1.29, 1.82) is 0 Å². The van der Waals surface area contributed by atoms with Crippen LogP contribution in [-0.4, -0.2) is 29.8 Å². The van der Waals surface area contributed by atoms with Crippen molar-refractivity contribution in [3.05, 3.63) is 30.9 Å². The Morgan fingerprint density at radius 3 is 2.77 bits per heavy atom. The Hall–Kier alpha value is -1.82. The summed E-state index contributed by atoms with van der Waals surface area (Å²) in [4.78, 5) is 7.69. The molecule has 0 aliphatic rings. The van der Waals surface area contributed by atoms with Crippen LogP contribution in [0.5, 0.6) is 0 Å². The smallest absolute Gasteiger partial charge is 0.163 e. The molecule has 0 fully saturated rings. The van der Waals surface area contributed by atoms with E-state index in [0.29, 0.717) is 5.82 Å². The molecule has 0 radical (unpaired) electrons. The maximum atomic E-state index is 8.90. The number of aromatic nitrogens is 5. The molecule has 66 valence electrons. The van der Waals surface area contributed by atoms with Crippen molar-refractivity contribution in [3.8, 4) is 5.69 Å². The molecule has 2 heterocycles. The summed E-state index contributed by atoms with van der Waals surface area (Å²) >= 11 is 0. The van der Waals surface area contributed by atoms with Crippen molar-refractivity contribution >= 4 is 0 Å². The van der Waals surface area contributed by atoms with Crippen molar-refractivity contribution in [1.82, 2.24) is 24.7 Å². The van der Waals surface area contributed by atoms with Gasteiger partial charge in [0.15, 0.2) is 5.82 Å². The number of hydrogen-bond donors (Lipinski definition) is 1. The highest BCUT2D eigenvalue weighted by Gasteiger charge is 2.03. The fourth-order valence-corrected chi connectivity index (χ4v) is 0.998. The van der Waals surface area contributed by atoms with Gasteiger partial charge in [-0.1, -0.05) is 0 Å². The van der Waals surface area contributed by atoms with Crippen LogP contribution >= 0.6 is 0 Å². The molecule has 0 bridgehead atoms. The van der Waals surface area contributed by atoms with E-state index in [2.05, 4.69) is 20.2 Å². The number of hydrogen-bond acceptors (Lipinski definition) is 5. The maximum absolute atomic E-state index is 8.90. The fourth-order valence-electron chi connectivity index (χ4n) is 0.998. The Bertz CT molecular complexity index is 385. The lowest BCUT2D eigenvalue weighted by atomic mass is 10.5. The molecule has 0 aliphatic carbocycles. The first kappa shape index (κ1) is 7.81. The lowest BCUT2D eigenvalue weighted by molar-refractivity contribution is 0.269. The van der Waals surface area contributed by atoms with Gasteiger partial charge in [-0.05, 0) is 0 Å². The molecule has 0 saturated carbocycles. The van der Waals surface area contributed by atoms with Crippen LogP contribution in [0.4, 0.5) is 0 Å². The highest BCUT2D eigenvalue weighted by atomic mass is 16.3. The van der Waals surface area contributed by atoms with Crippen LogP contribution < -0.4 is 0 Å². The van der Waals surface area contributed by atoms with E-state index in [-0.39, 0.29) is 6.61 Å². The normalized spacial score (nSPS) is 10.2. The molecular weight excluding hydrogens is 170 g/mol. The van der Waals surface area contributed by atoms with Crippen molar-refractivity contribution in [2.24, 2.45) is 0 Å². The van der Waals surface area contributed by atoms with Gasteiger partial charge in [-0.15, -0.1) is 10.2 Å². The monoisotopic (exact) mass is 177 g/mol. The van der Waals surface area contributed by atoms with Crippen LogP contribution in [0.3, 0.4) is 0 Å². The molecule has 0 amide bonds. The third kappa shape index (κ3) is 1.38. The Kier molecular flexibility index (Phi) is 1.97. The molecule has 2 rings (SSSR count). The molecule has 2 aromatic heterocycles. The van der Waals surface area contributed by atoms with E-state index in [9.17, 15) is 0 Å². The molecule has 0 unspecified atom stereocenters. The molecule has 13 heavy (non-hydrogen) atoms. The quantitative estimate of drug-likeness (QED) is 0.672. The predicted octanol–water partition coefficient (Wildman–Crippen LogP) is -0.450. The molecule has 0 aliphatic heterocycles. The van der Waals surface area contributed by atoms with E-state index >= 15 is 0 Å². The van der Waals surface area contributed by atoms with Crippen LogP contribution in [0.1, 0.15) is 5.82 Å². The summed E-state index contributed by atoms with van der Waals surface area (Å²) in [5, 5.41) is 16.3. The van der Waals surface area contributed by atoms with Gasteiger partial charge in [0.05, 0.1) is 18.1 Å². The summed E-state index contributed by atoms with van der Waals surface area (Å²) < 4.78 is 1.62. The molecular formula is C7H7N5O. The first-order chi connectivity index (χ1) is 6.42. The molecule has 6 heteroatoms. The Morgan fingerprint density at radius 2 is 2.08 bits per heavy atom. The minimum absolute atomic E-state index is 0.158. The van der Waals surface area contributed by atoms with Crippen LogP contribution in [-0.2, 0) is 6.61 Å². The van der Waals surface area contributed by atoms with Gasteiger partial charge in [0.1, 0.15) is 19.3 Å². The zero-order chi connectivity index (χ0) is 9.10. The van der Waals surface area contributed by atoms with E-state index in [0.717, 1.165) is 5.69 Å². The van der Waals surface area contributed by atoms with Gasteiger partial charge < -0.3 is 5.11 Å². The summed E-state index contributed by atoms with van der Waals surface area (Å²) in [5.74, 6) is 0.467. The molecule has 0 spiro atoms. The standard InChI is InChI=1S/C7H7N5O/c13-3-7-11-10-5-12(7)6-1-8-4-9-2-6/h1-2,4-5,13H,3H2. The van der Waals surface area contributed by atoms with Gasteiger partial charge in [-0.2, -0.15) is 0 Å². The predicted molar refractivity (Wildman–Crippen MR) is 42.9 cm³/mol. The zero-order valence-corrected chi connectivity index (χ0v) is 6.70. The van der Waals surface area contributed by atoms with Crippen LogP contribution in [0, 0.1) is 0 Å². The van der Waals surface area contributed by atoms with Crippen LogP contribution in [0.15, 0.2) is 25.0 Å². The number of rotatable bonds is 2. The third-order valence-corrected chi connectivity index (χ3v) is 1.58. The van der Waals surface area contributed by atoms with Gasteiger partial charge in [-0.25, -0.2) is 9.97 Å². The van der Waals surface area contributed by atoms with Crippen LogP contribution in [0.25, 0.3) is 5.69 Å². The fraction of sp³-hybridized carbons (Fsp3) is 0.143. The average molecular weight is 177 g/mol. The highest BCUT2D eigenvalue weighted by molar-refractivity contribution is 5.25. The number of aliphatic hydroxyl groups is 1. The SMILES string of the molecule is OCc1nncn1-c1cncnc1. The first-order valence-electron chi connectivity index (χ1n) is 3.67. The molecule has 6 nitrogen and oxygen atoms in total. The first-order valence-corrected chi connectivity index (χ1v) is 3.67. The van der Waals surface area contributed by atoms with E-state index in [4.69, 9.17) is 5.11 Å². The van der Waals surface area contributed by atoms with E-state index in [1.165, 1.54) is 12.7 Å². The van der Waals surface area contributed by atoms with Gasteiger partial charge in [0, 0.05) is 0 Å². The van der Waals surface area contributed by atoms with E-state index in [1.54, 1.807) is 17.0 Å². The largest absolute Gasteiger partial charge is 0.388 e. The van der Waals surface area contributed by atoms with Gasteiger partial charge in [0.25, 0.3) is 0 Å². The minimum Gasteiger partial charge on any atom is -0.388 e.